The van der Waals surface area contributed by atoms with Crippen molar-refractivity contribution in [2.45, 2.75) is 44.0 Å². The molecule has 0 fully saturated rings. The number of anilines is 1. The Morgan fingerprint density at radius 1 is 1.06 bits per heavy atom. The summed E-state index contributed by atoms with van der Waals surface area (Å²) in [5.74, 6) is -1.27. The molecule has 11 heteroatoms. The third-order valence-electron chi connectivity index (χ3n) is 4.99. The minimum atomic E-state index is -4.08. The number of carbonyl (C=O) groups is 2. The van der Waals surface area contributed by atoms with Gasteiger partial charge in [0.25, 0.3) is 5.91 Å². The molecule has 2 aromatic rings. The van der Waals surface area contributed by atoms with Gasteiger partial charge in [0.1, 0.15) is 5.75 Å². The molecule has 0 aliphatic rings. The minimum Gasteiger partial charge on any atom is -0.548 e. The molecule has 35 heavy (non-hydrogen) atoms. The van der Waals surface area contributed by atoms with Gasteiger partial charge in [-0.2, -0.15) is 4.31 Å². The quantitative estimate of drug-likeness (QED) is 0.176. The van der Waals surface area contributed by atoms with E-state index in [1.54, 1.807) is 24.3 Å². The van der Waals surface area contributed by atoms with Crippen LogP contribution in [0.4, 0.5) is 5.69 Å². The molecule has 9 nitrogen and oxygen atoms in total. The maximum Gasteiger partial charge on any atom is 1.00 e. The number of hydrogen-bond donors (Lipinski definition) is 2. The van der Waals surface area contributed by atoms with Crippen molar-refractivity contribution >= 4 is 27.6 Å². The first-order valence-corrected chi connectivity index (χ1v) is 12.6. The van der Waals surface area contributed by atoms with E-state index in [4.69, 9.17) is 10.5 Å². The average molecular weight is 514 g/mol. The van der Waals surface area contributed by atoms with Crippen LogP contribution in [0.3, 0.4) is 0 Å². The smallest absolute Gasteiger partial charge is 0.548 e. The minimum absolute atomic E-state index is 0. The number of nitrogens with two attached hydrogens (primary N) is 1. The molecule has 0 bridgehead atoms. The van der Waals surface area contributed by atoms with Crippen LogP contribution in [0.1, 0.15) is 33.1 Å². The van der Waals surface area contributed by atoms with Gasteiger partial charge < -0.3 is 25.7 Å². The Labute approximate surface area is 229 Å². The summed E-state index contributed by atoms with van der Waals surface area (Å²) in [5, 5.41) is 14.6. The third-order valence-corrected chi connectivity index (χ3v) is 6.88. The number of carboxylic acid groups (broad SMARTS) is 1. The zero-order valence-electron chi connectivity index (χ0n) is 20.5. The van der Waals surface area contributed by atoms with Crippen LogP contribution < -0.4 is 50.5 Å². The van der Waals surface area contributed by atoms with Crippen LogP contribution in [-0.4, -0.2) is 50.3 Å². The third kappa shape index (κ3) is 10.2. The van der Waals surface area contributed by atoms with E-state index in [1.807, 2.05) is 19.9 Å². The van der Waals surface area contributed by atoms with Crippen molar-refractivity contribution in [2.75, 3.05) is 25.4 Å². The Kier molecular flexibility index (Phi) is 13.3. The van der Waals surface area contributed by atoms with E-state index in [1.165, 1.54) is 24.3 Å². The summed E-state index contributed by atoms with van der Waals surface area (Å²) in [6.45, 7) is 3.83. The first-order chi connectivity index (χ1) is 16.1. The summed E-state index contributed by atoms with van der Waals surface area (Å²) in [4.78, 5) is 23.8. The molecule has 0 saturated heterocycles. The second-order valence-electron chi connectivity index (χ2n) is 8.32. The number of nitrogens with one attached hydrogen (secondary N) is 1. The molecular weight excluding hydrogens is 481 g/mol. The number of nitrogen functional groups attached to an aromatic ring is 1. The summed E-state index contributed by atoms with van der Waals surface area (Å²) >= 11 is 0. The van der Waals surface area contributed by atoms with E-state index in [0.29, 0.717) is 30.8 Å². The van der Waals surface area contributed by atoms with Gasteiger partial charge in [-0.15, -0.1) is 0 Å². The van der Waals surface area contributed by atoms with Gasteiger partial charge in [0.2, 0.25) is 10.0 Å². The number of rotatable bonds is 14. The molecule has 2 aromatic carbocycles. The number of amides is 1. The Balaban J connectivity index is 0.00000612. The van der Waals surface area contributed by atoms with E-state index in [-0.39, 0.29) is 65.9 Å². The molecule has 0 aliphatic heterocycles. The van der Waals surface area contributed by atoms with Gasteiger partial charge in [0.15, 0.2) is 6.61 Å². The van der Waals surface area contributed by atoms with Gasteiger partial charge in [-0.25, -0.2) is 8.42 Å². The Bertz CT molecular complexity index is 1030. The second kappa shape index (κ2) is 15.1. The summed E-state index contributed by atoms with van der Waals surface area (Å²) < 4.78 is 32.8. The molecule has 0 aromatic heterocycles. The van der Waals surface area contributed by atoms with Crippen LogP contribution >= 0.6 is 0 Å². The number of carbonyl (C=O) groups excluding carboxylic acids is 2. The van der Waals surface area contributed by atoms with Crippen molar-refractivity contribution in [3.63, 3.8) is 0 Å². The number of unbranched alkanes of at least 4 members (excludes halogenated alkanes) is 1. The zero-order valence-corrected chi connectivity index (χ0v) is 23.3. The fourth-order valence-electron chi connectivity index (χ4n) is 3.31. The molecule has 3 N–H and O–H groups in total. The van der Waals surface area contributed by atoms with Gasteiger partial charge in [-0.1, -0.05) is 32.0 Å². The first kappa shape index (κ1) is 30.9. The van der Waals surface area contributed by atoms with E-state index in [9.17, 15) is 23.1 Å². The van der Waals surface area contributed by atoms with Crippen LogP contribution in [0.25, 0.3) is 0 Å². The maximum absolute atomic E-state index is 13.2. The molecule has 0 aliphatic carbocycles. The number of hydrogen-bond acceptors (Lipinski definition) is 7. The van der Waals surface area contributed by atoms with Crippen molar-refractivity contribution in [1.82, 2.24) is 9.62 Å². The normalized spacial score (nSPS) is 12.1. The molecule has 2 rings (SSSR count). The topological polar surface area (TPSA) is 142 Å². The predicted molar refractivity (Wildman–Crippen MR) is 127 cm³/mol. The summed E-state index contributed by atoms with van der Waals surface area (Å²) in [6.07, 6.45) is 0.905. The largest absolute Gasteiger partial charge is 1.00 e. The summed E-state index contributed by atoms with van der Waals surface area (Å²) in [5.41, 5.74) is 6.05. The van der Waals surface area contributed by atoms with Crippen LogP contribution in [0.2, 0.25) is 0 Å². The van der Waals surface area contributed by atoms with Crippen molar-refractivity contribution < 1.29 is 57.4 Å². The van der Waals surface area contributed by atoms with Crippen LogP contribution in [-0.2, 0) is 19.6 Å². The molecule has 186 valence electrons. The van der Waals surface area contributed by atoms with Gasteiger partial charge in [-0.05, 0) is 61.6 Å². The Morgan fingerprint density at radius 3 is 2.26 bits per heavy atom. The van der Waals surface area contributed by atoms with Crippen molar-refractivity contribution in [2.24, 2.45) is 5.92 Å². The molecule has 0 saturated carbocycles. The Hall–Kier alpha value is -2.11. The van der Waals surface area contributed by atoms with E-state index >= 15 is 0 Å². The standard InChI is InChI=1S/C24H33N3O6S.Na/c1-18(2)16-27(34(31,32)21-13-11-19(25)12-14-21)22(24(29)30)10-6-7-15-26-23(28)17-33-20-8-4-3-5-9-20;/h3-5,8-9,11-14,18,22H,6-7,10,15-17,25H2,1-2H3,(H,26,28)(H,29,30);/q;+1/p-1/t22-;/m0./s1. The number of aliphatic carboxylic acids is 1. The fourth-order valence-corrected chi connectivity index (χ4v) is 5.09. The molecule has 1 amide bonds. The summed E-state index contributed by atoms with van der Waals surface area (Å²) in [7, 11) is -4.08. The molecule has 0 radical (unpaired) electrons. The van der Waals surface area contributed by atoms with E-state index in [2.05, 4.69) is 5.32 Å². The summed E-state index contributed by atoms with van der Waals surface area (Å²) in [6, 6.07) is 13.2. The molecule has 0 spiro atoms. The fraction of sp³-hybridized carbons (Fsp3) is 0.417. The van der Waals surface area contributed by atoms with Gasteiger partial charge in [0, 0.05) is 18.8 Å². The number of para-hydroxylation sites is 1. The predicted octanol–water partition coefficient (Wildman–Crippen LogP) is -1.60. The first-order valence-electron chi connectivity index (χ1n) is 11.1. The molecule has 0 unspecified atom stereocenters. The van der Waals surface area contributed by atoms with Crippen molar-refractivity contribution in [3.8, 4) is 5.75 Å². The van der Waals surface area contributed by atoms with Crippen molar-refractivity contribution in [1.29, 1.82) is 0 Å². The average Bonchev–Trinajstić information content (AvgIpc) is 2.79. The maximum atomic E-state index is 13.2. The SMILES string of the molecule is CC(C)CN([C@@H](CCCCNC(=O)COc1ccccc1)C(=O)[O-])S(=O)(=O)c1ccc(N)cc1.[Na+]. The number of sulfonamides is 1. The van der Waals surface area contributed by atoms with Gasteiger partial charge >= 0.3 is 29.6 Å². The van der Waals surface area contributed by atoms with Crippen molar-refractivity contribution in [3.05, 3.63) is 54.6 Å². The zero-order chi connectivity index (χ0) is 25.1. The number of ether oxygens (including phenoxy) is 1. The Morgan fingerprint density at radius 2 is 1.69 bits per heavy atom. The molecule has 1 atom stereocenters. The number of nitrogens with zero attached hydrogens (tertiary/aromatic N) is 1. The van der Waals surface area contributed by atoms with Crippen LogP contribution in [0.15, 0.2) is 59.5 Å². The number of carboxylic acids is 1. The monoisotopic (exact) mass is 513 g/mol. The van der Waals surface area contributed by atoms with E-state index in [0.717, 1.165) is 4.31 Å². The molecule has 0 heterocycles. The molecular formula is C24H32N3NaO6S. The van der Waals surface area contributed by atoms with Crippen LogP contribution in [0.5, 0.6) is 5.75 Å². The van der Waals surface area contributed by atoms with Gasteiger partial charge in [0.05, 0.1) is 16.9 Å². The van der Waals surface area contributed by atoms with E-state index < -0.39 is 22.0 Å². The second-order valence-corrected chi connectivity index (χ2v) is 10.2. The van der Waals surface area contributed by atoms with Gasteiger partial charge in [-0.3, -0.25) is 4.79 Å². The van der Waals surface area contributed by atoms with Crippen LogP contribution in [0, 0.1) is 5.92 Å². The number of benzene rings is 2.